The number of imidazole rings is 1. The Hall–Kier alpha value is -4.48. The highest BCUT2D eigenvalue weighted by atomic mass is 32.2. The zero-order valence-electron chi connectivity index (χ0n) is 23.5. The quantitative estimate of drug-likeness (QED) is 0.168. The van der Waals surface area contributed by atoms with Crippen LogP contribution in [-0.4, -0.2) is 39.5 Å². The molecule has 0 saturated carbocycles. The Labute approximate surface area is 249 Å². The average Bonchev–Trinajstić information content (AvgIpc) is 3.37. The second kappa shape index (κ2) is 12.2. The van der Waals surface area contributed by atoms with E-state index in [1.807, 2.05) is 26.0 Å². The third-order valence-electron chi connectivity index (χ3n) is 6.46. The molecule has 5 rings (SSSR count). The van der Waals surface area contributed by atoms with Gasteiger partial charge in [-0.05, 0) is 58.0 Å². The Kier molecular flexibility index (Phi) is 8.41. The first-order chi connectivity index (χ1) is 20.1. The number of thioether (sulfide) groups is 1. The maximum absolute atomic E-state index is 13.1. The van der Waals surface area contributed by atoms with Crippen molar-refractivity contribution >= 4 is 39.3 Å². The summed E-state index contributed by atoms with van der Waals surface area (Å²) >= 11 is 1.31. The van der Waals surface area contributed by atoms with E-state index in [1.165, 1.54) is 30.1 Å². The summed E-state index contributed by atoms with van der Waals surface area (Å²) in [5, 5.41) is 2.98. The molecule has 5 aromatic rings. The van der Waals surface area contributed by atoms with Gasteiger partial charge in [0.15, 0.2) is 5.16 Å². The molecular formula is C31H30N6O3S2. The summed E-state index contributed by atoms with van der Waals surface area (Å²) in [6.45, 7) is 7.63. The maximum Gasteiger partial charge on any atom is 0.264 e. The lowest BCUT2D eigenvalue weighted by atomic mass is 10.0. The van der Waals surface area contributed by atoms with E-state index in [0.717, 1.165) is 33.6 Å². The van der Waals surface area contributed by atoms with E-state index in [0.29, 0.717) is 16.5 Å². The van der Waals surface area contributed by atoms with Gasteiger partial charge in [-0.3, -0.25) is 4.79 Å². The Morgan fingerprint density at radius 2 is 1.45 bits per heavy atom. The van der Waals surface area contributed by atoms with Crippen LogP contribution < -0.4 is 10.0 Å². The van der Waals surface area contributed by atoms with Gasteiger partial charge in [-0.15, -0.1) is 0 Å². The molecule has 0 saturated heterocycles. The number of aromatic nitrogens is 4. The molecule has 2 heterocycles. The molecular weight excluding hydrogens is 569 g/mol. The van der Waals surface area contributed by atoms with Gasteiger partial charge in [0.25, 0.3) is 10.0 Å². The summed E-state index contributed by atoms with van der Waals surface area (Å²) in [6, 6.07) is 24.0. The van der Waals surface area contributed by atoms with Crippen molar-refractivity contribution in [2.45, 2.75) is 43.0 Å². The number of nitrogens with zero attached hydrogens (tertiary/aromatic N) is 3. The van der Waals surface area contributed by atoms with E-state index >= 15 is 0 Å². The Balaban J connectivity index is 1.29. The Morgan fingerprint density at radius 3 is 2.07 bits per heavy atom. The largest absolute Gasteiger partial charge is 0.332 e. The first-order valence-electron chi connectivity index (χ1n) is 13.2. The monoisotopic (exact) mass is 598 g/mol. The van der Waals surface area contributed by atoms with Gasteiger partial charge < -0.3 is 10.3 Å². The number of anilines is 2. The van der Waals surface area contributed by atoms with Crippen LogP contribution in [0.15, 0.2) is 95.1 Å². The third-order valence-corrected chi connectivity index (χ3v) is 8.79. The Bertz CT molecular complexity index is 1760. The molecule has 3 aromatic carbocycles. The molecule has 0 aliphatic heterocycles. The number of rotatable bonds is 9. The molecule has 2 aromatic heterocycles. The summed E-state index contributed by atoms with van der Waals surface area (Å²) in [7, 11) is -3.89. The van der Waals surface area contributed by atoms with Crippen LogP contribution in [0, 0.1) is 20.8 Å². The molecule has 0 aliphatic carbocycles. The van der Waals surface area contributed by atoms with E-state index in [4.69, 9.17) is 4.98 Å². The molecule has 214 valence electrons. The predicted molar refractivity (Wildman–Crippen MR) is 167 cm³/mol. The topological polar surface area (TPSA) is 130 Å². The number of amides is 1. The zero-order chi connectivity index (χ0) is 29.9. The lowest BCUT2D eigenvalue weighted by Gasteiger charge is -2.11. The van der Waals surface area contributed by atoms with Gasteiger partial charge in [0.05, 0.1) is 21.5 Å². The minimum atomic E-state index is -3.89. The number of carbonyl (C=O) groups is 1. The van der Waals surface area contributed by atoms with Crippen LogP contribution in [0.25, 0.3) is 22.5 Å². The SMILES string of the molecule is Cc1ccc(-c2nc(SC(C)C(=O)Nc3ccc(S(=O)(=O)Nc4nccc(C)n4)cc3)[nH]c2-c2ccc(C)cc2)cc1. The van der Waals surface area contributed by atoms with Gasteiger partial charge in [0, 0.05) is 28.7 Å². The van der Waals surface area contributed by atoms with Crippen LogP contribution in [0.3, 0.4) is 0 Å². The number of aromatic amines is 1. The number of carbonyl (C=O) groups excluding carboxylic acids is 1. The first-order valence-corrected chi connectivity index (χ1v) is 15.6. The fourth-order valence-corrected chi connectivity index (χ4v) is 5.87. The lowest BCUT2D eigenvalue weighted by molar-refractivity contribution is -0.115. The second-order valence-electron chi connectivity index (χ2n) is 9.90. The molecule has 9 nitrogen and oxygen atoms in total. The molecule has 0 radical (unpaired) electrons. The van der Waals surface area contributed by atoms with E-state index in [2.05, 4.69) is 61.4 Å². The highest BCUT2D eigenvalue weighted by Gasteiger charge is 2.21. The maximum atomic E-state index is 13.1. The summed E-state index contributed by atoms with van der Waals surface area (Å²) in [5.74, 6) is -0.251. The van der Waals surface area contributed by atoms with Gasteiger partial charge in [-0.25, -0.2) is 28.1 Å². The summed E-state index contributed by atoms with van der Waals surface area (Å²) in [5.41, 5.74) is 7.12. The molecule has 0 bridgehead atoms. The van der Waals surface area contributed by atoms with Crippen molar-refractivity contribution in [1.82, 2.24) is 19.9 Å². The van der Waals surface area contributed by atoms with Crippen molar-refractivity contribution in [3.05, 3.63) is 102 Å². The van der Waals surface area contributed by atoms with Gasteiger partial charge >= 0.3 is 0 Å². The molecule has 42 heavy (non-hydrogen) atoms. The highest BCUT2D eigenvalue weighted by molar-refractivity contribution is 8.00. The number of nitrogens with one attached hydrogen (secondary N) is 3. The number of benzene rings is 3. The van der Waals surface area contributed by atoms with Crippen LogP contribution in [0.4, 0.5) is 11.6 Å². The fraction of sp³-hybridized carbons (Fsp3) is 0.161. The van der Waals surface area contributed by atoms with Crippen molar-refractivity contribution in [2.75, 3.05) is 10.0 Å². The number of hydrogen-bond acceptors (Lipinski definition) is 7. The minimum Gasteiger partial charge on any atom is -0.332 e. The van der Waals surface area contributed by atoms with Crippen LogP contribution >= 0.6 is 11.8 Å². The van der Waals surface area contributed by atoms with E-state index in [1.54, 1.807) is 32.0 Å². The van der Waals surface area contributed by atoms with Gasteiger partial charge in [0.2, 0.25) is 11.9 Å². The van der Waals surface area contributed by atoms with Crippen molar-refractivity contribution in [2.24, 2.45) is 0 Å². The molecule has 3 N–H and O–H groups in total. The minimum absolute atomic E-state index is 0.00720. The van der Waals surface area contributed by atoms with Crippen molar-refractivity contribution in [3.8, 4) is 22.5 Å². The summed E-state index contributed by atoms with van der Waals surface area (Å²) in [4.78, 5) is 29.4. The van der Waals surface area contributed by atoms with E-state index < -0.39 is 15.3 Å². The van der Waals surface area contributed by atoms with E-state index in [-0.39, 0.29) is 16.8 Å². The van der Waals surface area contributed by atoms with Crippen molar-refractivity contribution in [3.63, 3.8) is 0 Å². The highest BCUT2D eigenvalue weighted by Crippen LogP contribution is 2.34. The number of sulfonamides is 1. The molecule has 11 heteroatoms. The van der Waals surface area contributed by atoms with Gasteiger partial charge in [0.1, 0.15) is 0 Å². The smallest absolute Gasteiger partial charge is 0.264 e. The molecule has 0 aliphatic rings. The van der Waals surface area contributed by atoms with E-state index in [9.17, 15) is 13.2 Å². The third kappa shape index (κ3) is 6.87. The van der Waals surface area contributed by atoms with Crippen LogP contribution in [0.2, 0.25) is 0 Å². The molecule has 0 fully saturated rings. The number of aryl methyl sites for hydroxylation is 3. The average molecular weight is 599 g/mol. The van der Waals surface area contributed by atoms with Crippen LogP contribution in [-0.2, 0) is 14.8 Å². The summed E-state index contributed by atoms with van der Waals surface area (Å²) < 4.78 is 27.8. The molecule has 0 spiro atoms. The van der Waals surface area contributed by atoms with Gasteiger partial charge in [-0.1, -0.05) is 71.4 Å². The molecule has 1 amide bonds. The zero-order valence-corrected chi connectivity index (χ0v) is 25.2. The Morgan fingerprint density at radius 1 is 0.833 bits per heavy atom. The molecule has 1 atom stereocenters. The number of hydrogen-bond donors (Lipinski definition) is 3. The first kappa shape index (κ1) is 29.0. The number of H-pyrrole nitrogens is 1. The van der Waals surface area contributed by atoms with Crippen molar-refractivity contribution in [1.29, 1.82) is 0 Å². The van der Waals surface area contributed by atoms with Crippen LogP contribution in [0.1, 0.15) is 23.7 Å². The molecule has 1 unspecified atom stereocenters. The fourth-order valence-electron chi connectivity index (χ4n) is 4.12. The summed E-state index contributed by atoms with van der Waals surface area (Å²) in [6.07, 6.45) is 1.48. The van der Waals surface area contributed by atoms with Crippen molar-refractivity contribution < 1.29 is 13.2 Å². The standard InChI is InChI=1S/C31H30N6O3S2/c1-19-5-9-23(10-6-19)27-28(24-11-7-20(2)8-12-24)36-31(35-27)41-22(4)29(38)34-25-13-15-26(16-14-25)42(39,40)37-30-32-18-17-21(3)33-30/h5-18,22H,1-4H3,(H,34,38)(H,35,36)(H,32,33,37). The lowest BCUT2D eigenvalue weighted by Crippen LogP contribution is -2.22. The second-order valence-corrected chi connectivity index (χ2v) is 12.9. The predicted octanol–water partition coefficient (Wildman–Crippen LogP) is 6.38. The normalized spacial score (nSPS) is 12.1. The van der Waals surface area contributed by atoms with Gasteiger partial charge in [-0.2, -0.15) is 0 Å². The van der Waals surface area contributed by atoms with Crippen LogP contribution in [0.5, 0.6) is 0 Å².